The van der Waals surface area contributed by atoms with E-state index in [9.17, 15) is 26.7 Å². The Balaban J connectivity index is 2.03. The van der Waals surface area contributed by atoms with Gasteiger partial charge in [0.05, 0.1) is 11.3 Å². The Labute approximate surface area is 142 Å². The lowest BCUT2D eigenvalue weighted by Gasteiger charge is -2.08. The lowest BCUT2D eigenvalue weighted by molar-refractivity contribution is 0.381. The van der Waals surface area contributed by atoms with E-state index in [1.165, 1.54) is 13.0 Å². The van der Waals surface area contributed by atoms with E-state index in [1.54, 1.807) is 29.7 Å². The van der Waals surface area contributed by atoms with Gasteiger partial charge in [-0.15, -0.1) is 0 Å². The van der Waals surface area contributed by atoms with E-state index in [0.717, 1.165) is 0 Å². The minimum atomic E-state index is -2.28. The van der Waals surface area contributed by atoms with Crippen molar-refractivity contribution in [2.75, 3.05) is 5.43 Å². The standard InChI is InChI=1S/C17H9F5N2O2/c1-7(9-6-8-4-2-3-5-10(8)26-17(9)25)23-24-16-14(21)12(19)11(18)13(20)15(16)22/h2-6,24H,1H3/b23-7-. The summed E-state index contributed by atoms with van der Waals surface area (Å²) in [5.74, 6) is -10.6. The van der Waals surface area contributed by atoms with Gasteiger partial charge >= 0.3 is 5.63 Å². The molecule has 134 valence electrons. The van der Waals surface area contributed by atoms with Crippen molar-refractivity contribution >= 4 is 22.4 Å². The second-order valence-corrected chi connectivity index (χ2v) is 5.24. The molecule has 2 aromatic carbocycles. The van der Waals surface area contributed by atoms with Gasteiger partial charge in [-0.3, -0.25) is 5.43 Å². The van der Waals surface area contributed by atoms with Crippen molar-refractivity contribution in [2.45, 2.75) is 6.92 Å². The van der Waals surface area contributed by atoms with Crippen molar-refractivity contribution in [1.82, 2.24) is 0 Å². The predicted molar refractivity (Wildman–Crippen MR) is 84.5 cm³/mol. The van der Waals surface area contributed by atoms with Crippen molar-refractivity contribution in [3.05, 3.63) is 75.4 Å². The fourth-order valence-electron chi connectivity index (χ4n) is 2.22. The Bertz CT molecular complexity index is 1080. The Morgan fingerprint density at radius 1 is 0.962 bits per heavy atom. The lowest BCUT2D eigenvalue weighted by Crippen LogP contribution is -2.14. The molecule has 0 radical (unpaired) electrons. The SMILES string of the molecule is C/C(=N/Nc1c(F)c(F)c(F)c(F)c1F)c1cc2ccccc2oc1=O. The molecule has 0 fully saturated rings. The summed E-state index contributed by atoms with van der Waals surface area (Å²) in [5.41, 5.74) is -0.123. The minimum absolute atomic E-state index is 0.0416. The number of anilines is 1. The third-order valence-corrected chi connectivity index (χ3v) is 3.58. The molecule has 0 atom stereocenters. The topological polar surface area (TPSA) is 54.6 Å². The number of halogens is 5. The monoisotopic (exact) mass is 368 g/mol. The summed E-state index contributed by atoms with van der Waals surface area (Å²) < 4.78 is 71.7. The summed E-state index contributed by atoms with van der Waals surface area (Å²) in [6, 6.07) is 8.02. The number of benzene rings is 2. The van der Waals surface area contributed by atoms with E-state index in [-0.39, 0.29) is 11.3 Å². The Kier molecular flexibility index (Phi) is 4.45. The number of nitrogens with one attached hydrogen (secondary N) is 1. The van der Waals surface area contributed by atoms with Gasteiger partial charge in [-0.05, 0) is 19.1 Å². The molecule has 0 unspecified atom stereocenters. The lowest BCUT2D eigenvalue weighted by atomic mass is 10.1. The van der Waals surface area contributed by atoms with Crippen molar-refractivity contribution in [1.29, 1.82) is 0 Å². The van der Waals surface area contributed by atoms with Gasteiger partial charge in [-0.2, -0.15) is 5.10 Å². The van der Waals surface area contributed by atoms with Crippen molar-refractivity contribution in [2.24, 2.45) is 5.10 Å². The predicted octanol–water partition coefficient (Wildman–Crippen LogP) is 4.32. The maximum absolute atomic E-state index is 13.6. The number of rotatable bonds is 3. The summed E-state index contributed by atoms with van der Waals surface area (Å²) >= 11 is 0. The van der Waals surface area contributed by atoms with E-state index in [1.807, 2.05) is 0 Å². The molecule has 1 aromatic heterocycles. The molecule has 3 rings (SSSR count). The molecule has 1 N–H and O–H groups in total. The molecule has 0 bridgehead atoms. The molecule has 0 aliphatic carbocycles. The first-order valence-electron chi connectivity index (χ1n) is 7.16. The normalized spacial score (nSPS) is 11.8. The van der Waals surface area contributed by atoms with Crippen molar-refractivity contribution < 1.29 is 26.4 Å². The van der Waals surface area contributed by atoms with Gasteiger partial charge in [-0.25, -0.2) is 26.7 Å². The number of fused-ring (bicyclic) bond motifs is 1. The van der Waals surface area contributed by atoms with Crippen LogP contribution in [0.4, 0.5) is 27.6 Å². The molecule has 0 amide bonds. The highest BCUT2D eigenvalue weighted by Crippen LogP contribution is 2.27. The molecule has 0 saturated carbocycles. The summed E-state index contributed by atoms with van der Waals surface area (Å²) in [5, 5.41) is 4.10. The number of hydrogen-bond acceptors (Lipinski definition) is 4. The quantitative estimate of drug-likeness (QED) is 0.187. The highest BCUT2D eigenvalue weighted by molar-refractivity contribution is 6.00. The second-order valence-electron chi connectivity index (χ2n) is 5.24. The van der Waals surface area contributed by atoms with Crippen LogP contribution in [0.15, 0.2) is 44.6 Å². The number of para-hydroxylation sites is 1. The highest BCUT2D eigenvalue weighted by atomic mass is 19.2. The molecule has 0 spiro atoms. The van der Waals surface area contributed by atoms with Crippen LogP contribution in [0.1, 0.15) is 12.5 Å². The van der Waals surface area contributed by atoms with Crippen LogP contribution >= 0.6 is 0 Å². The second kappa shape index (κ2) is 6.58. The summed E-state index contributed by atoms with van der Waals surface area (Å²) in [4.78, 5) is 12.0. The van der Waals surface area contributed by atoms with Crippen LogP contribution in [0.3, 0.4) is 0 Å². The number of hydrogen-bond donors (Lipinski definition) is 1. The highest BCUT2D eigenvalue weighted by Gasteiger charge is 2.25. The maximum Gasteiger partial charge on any atom is 0.345 e. The number of nitrogens with zero attached hydrogens (tertiary/aromatic N) is 1. The smallest absolute Gasteiger partial charge is 0.345 e. The van der Waals surface area contributed by atoms with Crippen molar-refractivity contribution in [3.63, 3.8) is 0 Å². The molecule has 1 heterocycles. The van der Waals surface area contributed by atoms with Gasteiger partial charge in [0, 0.05) is 5.39 Å². The molecule has 3 aromatic rings. The van der Waals surface area contributed by atoms with Crippen LogP contribution in [0.5, 0.6) is 0 Å². The van der Waals surface area contributed by atoms with Crippen molar-refractivity contribution in [3.8, 4) is 0 Å². The van der Waals surface area contributed by atoms with Gasteiger partial charge in [0.15, 0.2) is 23.3 Å². The minimum Gasteiger partial charge on any atom is -0.422 e. The van der Waals surface area contributed by atoms with Crippen LogP contribution < -0.4 is 11.1 Å². The first kappa shape index (κ1) is 17.6. The summed E-state index contributed by atoms with van der Waals surface area (Å²) in [6.07, 6.45) is 0. The molecule has 0 aliphatic rings. The van der Waals surface area contributed by atoms with E-state index in [0.29, 0.717) is 11.0 Å². The summed E-state index contributed by atoms with van der Waals surface area (Å²) in [6.45, 7) is 1.31. The third kappa shape index (κ3) is 2.92. The van der Waals surface area contributed by atoms with Crippen LogP contribution in [0, 0.1) is 29.1 Å². The van der Waals surface area contributed by atoms with E-state index in [2.05, 4.69) is 5.10 Å². The average molecular weight is 368 g/mol. The van der Waals surface area contributed by atoms with Gasteiger partial charge in [0.2, 0.25) is 5.82 Å². The van der Waals surface area contributed by atoms with Gasteiger partial charge in [0.25, 0.3) is 0 Å². The Hall–Kier alpha value is -3.23. The Morgan fingerprint density at radius 2 is 1.54 bits per heavy atom. The largest absolute Gasteiger partial charge is 0.422 e. The van der Waals surface area contributed by atoms with Gasteiger partial charge < -0.3 is 4.42 Å². The zero-order chi connectivity index (χ0) is 19.0. The van der Waals surface area contributed by atoms with Crippen LogP contribution in [-0.4, -0.2) is 5.71 Å². The van der Waals surface area contributed by atoms with E-state index in [4.69, 9.17) is 4.42 Å². The molecule has 4 nitrogen and oxygen atoms in total. The van der Waals surface area contributed by atoms with E-state index >= 15 is 0 Å². The first-order chi connectivity index (χ1) is 12.3. The summed E-state index contributed by atoms with van der Waals surface area (Å²) in [7, 11) is 0. The molecule has 26 heavy (non-hydrogen) atoms. The van der Waals surface area contributed by atoms with Crippen LogP contribution in [0.25, 0.3) is 11.0 Å². The van der Waals surface area contributed by atoms with Gasteiger partial charge in [0.1, 0.15) is 11.3 Å². The van der Waals surface area contributed by atoms with Crippen LogP contribution in [0.2, 0.25) is 0 Å². The zero-order valence-corrected chi connectivity index (χ0v) is 13.0. The van der Waals surface area contributed by atoms with E-state index < -0.39 is 40.4 Å². The zero-order valence-electron chi connectivity index (χ0n) is 13.0. The fourth-order valence-corrected chi connectivity index (χ4v) is 2.22. The molecule has 9 heteroatoms. The number of hydrazone groups is 1. The molecular weight excluding hydrogens is 359 g/mol. The van der Waals surface area contributed by atoms with Crippen LogP contribution in [-0.2, 0) is 0 Å². The first-order valence-corrected chi connectivity index (χ1v) is 7.16. The maximum atomic E-state index is 13.6. The Morgan fingerprint density at radius 3 is 2.19 bits per heavy atom. The molecule has 0 saturated heterocycles. The molecular formula is C17H9F5N2O2. The fraction of sp³-hybridized carbons (Fsp3) is 0.0588. The third-order valence-electron chi connectivity index (χ3n) is 3.58. The molecule has 0 aliphatic heterocycles. The average Bonchev–Trinajstić information content (AvgIpc) is 2.64. The van der Waals surface area contributed by atoms with Gasteiger partial charge in [-0.1, -0.05) is 18.2 Å².